The summed E-state index contributed by atoms with van der Waals surface area (Å²) in [6.07, 6.45) is 8.63. The minimum atomic E-state index is -0.261. The first-order valence-electron chi connectivity index (χ1n) is 10.1. The fraction of sp³-hybridized carbons (Fsp3) is 0.0400. The smallest absolute Gasteiger partial charge is 0.124 e. The van der Waals surface area contributed by atoms with Crippen LogP contribution in [0.15, 0.2) is 73.6 Å². The van der Waals surface area contributed by atoms with Gasteiger partial charge in [-0.3, -0.25) is 10.1 Å². The molecule has 154 valence electrons. The van der Waals surface area contributed by atoms with Crippen LogP contribution in [0.5, 0.6) is 0 Å². The predicted octanol–water partition coefficient (Wildman–Crippen LogP) is 5.68. The van der Waals surface area contributed by atoms with Crippen LogP contribution < -0.4 is 0 Å². The fourth-order valence-electron chi connectivity index (χ4n) is 4.15. The Kier molecular flexibility index (Phi) is 4.07. The molecule has 7 heteroatoms. The lowest BCUT2D eigenvalue weighted by atomic mass is 10.0. The summed E-state index contributed by atoms with van der Waals surface area (Å²) in [7, 11) is 0. The topological polar surface area (TPSA) is 83.1 Å². The van der Waals surface area contributed by atoms with Gasteiger partial charge in [-0.1, -0.05) is 12.1 Å². The number of aromatic nitrogens is 6. The van der Waals surface area contributed by atoms with E-state index >= 15 is 0 Å². The zero-order valence-electron chi connectivity index (χ0n) is 17.1. The zero-order valence-corrected chi connectivity index (χ0v) is 17.1. The molecule has 4 aromatic heterocycles. The van der Waals surface area contributed by atoms with Gasteiger partial charge >= 0.3 is 0 Å². The second kappa shape index (κ2) is 7.09. The van der Waals surface area contributed by atoms with Gasteiger partial charge in [0.25, 0.3) is 0 Å². The molecule has 4 heterocycles. The number of fused-ring (bicyclic) bond motifs is 2. The molecule has 2 aromatic carbocycles. The molecule has 0 bridgehead atoms. The van der Waals surface area contributed by atoms with Crippen LogP contribution in [-0.2, 0) is 0 Å². The lowest BCUT2D eigenvalue weighted by molar-refractivity contribution is 0.627. The molecule has 0 saturated heterocycles. The number of nitrogens with zero attached hydrogens (tertiary/aromatic N) is 4. The van der Waals surface area contributed by atoms with E-state index in [1.165, 1.54) is 18.5 Å². The summed E-state index contributed by atoms with van der Waals surface area (Å²) in [5.41, 5.74) is 7.93. The third kappa shape index (κ3) is 3.02. The van der Waals surface area contributed by atoms with E-state index < -0.39 is 0 Å². The van der Waals surface area contributed by atoms with Gasteiger partial charge in [-0.25, -0.2) is 14.4 Å². The van der Waals surface area contributed by atoms with Crippen molar-refractivity contribution in [2.75, 3.05) is 0 Å². The summed E-state index contributed by atoms with van der Waals surface area (Å²) in [4.78, 5) is 16.0. The molecule has 6 aromatic rings. The molecule has 2 N–H and O–H groups in total. The first-order chi connectivity index (χ1) is 15.7. The van der Waals surface area contributed by atoms with Crippen LogP contribution in [-0.4, -0.2) is 30.1 Å². The Morgan fingerprint density at radius 1 is 0.750 bits per heavy atom. The molecule has 0 saturated carbocycles. The Bertz CT molecular complexity index is 1580. The van der Waals surface area contributed by atoms with Crippen molar-refractivity contribution in [2.45, 2.75) is 6.92 Å². The highest BCUT2D eigenvalue weighted by atomic mass is 19.1. The largest absolute Gasteiger partial charge is 0.352 e. The van der Waals surface area contributed by atoms with E-state index in [1.54, 1.807) is 24.8 Å². The number of aryl methyl sites for hydroxylation is 1. The molecule has 0 aliphatic heterocycles. The number of H-pyrrole nitrogens is 2. The van der Waals surface area contributed by atoms with E-state index in [1.807, 2.05) is 31.2 Å². The van der Waals surface area contributed by atoms with E-state index in [0.717, 1.165) is 61.0 Å². The average Bonchev–Trinajstić information content (AvgIpc) is 3.42. The van der Waals surface area contributed by atoms with Crippen molar-refractivity contribution in [1.29, 1.82) is 0 Å². The molecule has 0 unspecified atom stereocenters. The number of nitrogens with one attached hydrogen (secondary N) is 2. The van der Waals surface area contributed by atoms with Gasteiger partial charge in [0, 0.05) is 40.5 Å². The maximum Gasteiger partial charge on any atom is 0.124 e. The lowest BCUT2D eigenvalue weighted by Gasteiger charge is -2.05. The highest BCUT2D eigenvalue weighted by Crippen LogP contribution is 2.35. The quantitative estimate of drug-likeness (QED) is 0.386. The van der Waals surface area contributed by atoms with Gasteiger partial charge in [-0.15, -0.1) is 0 Å². The molecule has 0 aliphatic carbocycles. The van der Waals surface area contributed by atoms with Gasteiger partial charge in [0.1, 0.15) is 17.8 Å². The summed E-state index contributed by atoms with van der Waals surface area (Å²) >= 11 is 0. The molecule has 6 nitrogen and oxygen atoms in total. The monoisotopic (exact) mass is 420 g/mol. The van der Waals surface area contributed by atoms with E-state index in [2.05, 4.69) is 36.2 Å². The van der Waals surface area contributed by atoms with Crippen molar-refractivity contribution < 1.29 is 4.39 Å². The maximum atomic E-state index is 14.0. The predicted molar refractivity (Wildman–Crippen MR) is 122 cm³/mol. The number of hydrogen-bond acceptors (Lipinski definition) is 4. The summed E-state index contributed by atoms with van der Waals surface area (Å²) in [6, 6.07) is 13.2. The third-order valence-electron chi connectivity index (χ3n) is 5.61. The fourth-order valence-corrected chi connectivity index (χ4v) is 4.15. The van der Waals surface area contributed by atoms with Crippen LogP contribution in [0, 0.1) is 12.7 Å². The summed E-state index contributed by atoms with van der Waals surface area (Å²) in [5, 5.41) is 9.61. The summed E-state index contributed by atoms with van der Waals surface area (Å²) < 4.78 is 14.0. The normalized spacial score (nSPS) is 11.4. The van der Waals surface area contributed by atoms with Gasteiger partial charge in [0.2, 0.25) is 0 Å². The van der Waals surface area contributed by atoms with Crippen LogP contribution in [0.2, 0.25) is 0 Å². The van der Waals surface area contributed by atoms with Gasteiger partial charge in [0.05, 0.1) is 22.9 Å². The van der Waals surface area contributed by atoms with E-state index in [0.29, 0.717) is 0 Å². The van der Waals surface area contributed by atoms with E-state index in [-0.39, 0.29) is 5.82 Å². The molecule has 6 rings (SSSR count). The molecule has 0 amide bonds. The second-order valence-electron chi connectivity index (χ2n) is 7.81. The van der Waals surface area contributed by atoms with Crippen LogP contribution in [0.25, 0.3) is 55.4 Å². The van der Waals surface area contributed by atoms with Gasteiger partial charge < -0.3 is 4.98 Å². The molecule has 0 radical (unpaired) electrons. The molecular formula is C25H17FN6. The minimum Gasteiger partial charge on any atom is -0.352 e. The molecule has 0 aliphatic rings. The Hall–Kier alpha value is -4.39. The third-order valence-corrected chi connectivity index (χ3v) is 5.61. The highest BCUT2D eigenvalue weighted by Gasteiger charge is 2.15. The molecule has 0 fully saturated rings. The lowest BCUT2D eigenvalue weighted by Crippen LogP contribution is -1.85. The first kappa shape index (κ1) is 18.4. The number of benzene rings is 2. The second-order valence-corrected chi connectivity index (χ2v) is 7.81. The number of halogens is 1. The van der Waals surface area contributed by atoms with Gasteiger partial charge in [-0.2, -0.15) is 5.10 Å². The Labute approximate surface area is 182 Å². The van der Waals surface area contributed by atoms with E-state index in [4.69, 9.17) is 0 Å². The van der Waals surface area contributed by atoms with Crippen molar-refractivity contribution in [3.8, 4) is 33.6 Å². The van der Waals surface area contributed by atoms with E-state index in [9.17, 15) is 4.39 Å². The summed E-state index contributed by atoms with van der Waals surface area (Å²) in [5.74, 6) is -0.261. The standard InChI is InChI=1S/C25H17FN6/c1-14-4-16(6-18(26)5-14)21-11-27-12-24-19(21)8-23(30-24)25-20-7-15(2-3-22(20)31-32-25)17-9-28-13-29-10-17/h2-13,30H,1H3,(H,31,32). The molecular weight excluding hydrogens is 403 g/mol. The average molecular weight is 420 g/mol. The maximum absolute atomic E-state index is 14.0. The minimum absolute atomic E-state index is 0.261. The van der Waals surface area contributed by atoms with Crippen LogP contribution in [0.4, 0.5) is 4.39 Å². The van der Waals surface area contributed by atoms with Crippen molar-refractivity contribution in [2.24, 2.45) is 0 Å². The van der Waals surface area contributed by atoms with Crippen molar-refractivity contribution >= 4 is 21.8 Å². The highest BCUT2D eigenvalue weighted by molar-refractivity contribution is 6.01. The zero-order chi connectivity index (χ0) is 21.7. The van der Waals surface area contributed by atoms with Crippen LogP contribution >= 0.6 is 0 Å². The van der Waals surface area contributed by atoms with Crippen molar-refractivity contribution in [1.82, 2.24) is 30.1 Å². The van der Waals surface area contributed by atoms with Crippen molar-refractivity contribution in [3.05, 3.63) is 85.0 Å². The van der Waals surface area contributed by atoms with Crippen molar-refractivity contribution in [3.63, 3.8) is 0 Å². The number of pyridine rings is 1. The molecule has 0 atom stereocenters. The Balaban J connectivity index is 1.52. The first-order valence-corrected chi connectivity index (χ1v) is 10.1. The number of hydrogen-bond donors (Lipinski definition) is 2. The van der Waals surface area contributed by atoms with Crippen LogP contribution in [0.3, 0.4) is 0 Å². The van der Waals surface area contributed by atoms with Crippen LogP contribution in [0.1, 0.15) is 5.56 Å². The summed E-state index contributed by atoms with van der Waals surface area (Å²) in [6.45, 7) is 1.88. The Morgan fingerprint density at radius 2 is 1.62 bits per heavy atom. The number of aromatic amines is 2. The molecule has 0 spiro atoms. The SMILES string of the molecule is Cc1cc(F)cc(-c2cncc3[nH]c(-c4n[nH]c5ccc(-c6cncnc6)cc45)cc23)c1. The Morgan fingerprint density at radius 3 is 2.47 bits per heavy atom. The van der Waals surface area contributed by atoms with Gasteiger partial charge in [0.15, 0.2) is 0 Å². The number of rotatable bonds is 3. The molecule has 32 heavy (non-hydrogen) atoms. The van der Waals surface area contributed by atoms with Gasteiger partial charge in [-0.05, 0) is 53.9 Å².